The molecule has 0 bridgehead atoms. The zero-order valence-electron chi connectivity index (χ0n) is 11.6. The molecule has 106 valence electrons. The highest BCUT2D eigenvalue weighted by molar-refractivity contribution is 6.30. The molecule has 0 saturated heterocycles. The fraction of sp³-hybridized carbons (Fsp3) is 0.286. The van der Waals surface area contributed by atoms with Gasteiger partial charge in [-0.15, -0.1) is 0 Å². The van der Waals surface area contributed by atoms with Crippen LogP contribution in [-0.4, -0.2) is 16.2 Å². The van der Waals surface area contributed by atoms with E-state index in [2.05, 4.69) is 41.6 Å². The van der Waals surface area contributed by atoms with E-state index in [0.29, 0.717) is 16.5 Å². The highest BCUT2D eigenvalue weighted by Gasteiger charge is 2.17. The number of hydrogen-bond donors (Lipinski definition) is 3. The minimum Gasteiger partial charge on any atom is -0.308 e. The van der Waals surface area contributed by atoms with Gasteiger partial charge in [0.15, 0.2) is 5.82 Å². The van der Waals surface area contributed by atoms with Gasteiger partial charge in [0, 0.05) is 27.9 Å². The molecule has 0 fully saturated rings. The summed E-state index contributed by atoms with van der Waals surface area (Å²) < 4.78 is 0. The van der Waals surface area contributed by atoms with E-state index in [4.69, 9.17) is 11.6 Å². The van der Waals surface area contributed by atoms with E-state index in [-0.39, 0.29) is 11.4 Å². The van der Waals surface area contributed by atoms with Gasteiger partial charge in [-0.3, -0.25) is 10.4 Å². The number of hydrogen-bond acceptors (Lipinski definition) is 2. The number of urea groups is 1. The Labute approximate surface area is 122 Å². The van der Waals surface area contributed by atoms with Crippen LogP contribution in [0.2, 0.25) is 5.02 Å². The summed E-state index contributed by atoms with van der Waals surface area (Å²) in [6.45, 7) is 6.20. The molecule has 20 heavy (non-hydrogen) atoms. The van der Waals surface area contributed by atoms with Crippen LogP contribution >= 0.6 is 11.6 Å². The molecule has 6 heteroatoms. The number of amides is 2. The van der Waals surface area contributed by atoms with Gasteiger partial charge in [0.05, 0.1) is 0 Å². The topological polar surface area (TPSA) is 69.8 Å². The Hall–Kier alpha value is -2.01. The van der Waals surface area contributed by atoms with Crippen molar-refractivity contribution >= 4 is 29.1 Å². The number of aromatic amines is 1. The molecule has 0 spiro atoms. The second kappa shape index (κ2) is 5.54. The monoisotopic (exact) mass is 292 g/mol. The zero-order chi connectivity index (χ0) is 14.8. The Morgan fingerprint density at radius 2 is 1.85 bits per heavy atom. The van der Waals surface area contributed by atoms with Crippen LogP contribution in [-0.2, 0) is 5.41 Å². The van der Waals surface area contributed by atoms with E-state index in [0.717, 1.165) is 5.69 Å². The molecule has 2 amide bonds. The van der Waals surface area contributed by atoms with Gasteiger partial charge in [-0.25, -0.2) is 4.79 Å². The maximum Gasteiger partial charge on any atom is 0.324 e. The molecule has 0 aliphatic heterocycles. The molecular formula is C14H17ClN4O. The first-order valence-electron chi connectivity index (χ1n) is 6.24. The molecule has 0 atom stereocenters. The standard InChI is InChI=1S/C14H17ClN4O/c1-14(2,3)11-8-12(19-18-11)17-13(20)16-10-6-4-9(15)5-7-10/h4-8H,1-3H3,(H3,16,17,18,19,20). The number of aromatic nitrogens is 2. The van der Waals surface area contributed by atoms with Gasteiger partial charge in [-0.2, -0.15) is 5.10 Å². The summed E-state index contributed by atoms with van der Waals surface area (Å²) >= 11 is 5.78. The molecule has 1 aromatic carbocycles. The lowest BCUT2D eigenvalue weighted by atomic mass is 9.92. The van der Waals surface area contributed by atoms with Crippen molar-refractivity contribution in [2.24, 2.45) is 0 Å². The molecule has 0 aliphatic rings. The van der Waals surface area contributed by atoms with Crippen LogP contribution in [0.4, 0.5) is 16.3 Å². The molecule has 0 saturated carbocycles. The third kappa shape index (κ3) is 3.74. The van der Waals surface area contributed by atoms with Crippen LogP contribution in [0.15, 0.2) is 30.3 Å². The number of nitrogens with zero attached hydrogens (tertiary/aromatic N) is 1. The zero-order valence-corrected chi connectivity index (χ0v) is 12.4. The number of halogens is 1. The van der Waals surface area contributed by atoms with Gasteiger partial charge in [0.1, 0.15) is 0 Å². The molecule has 1 heterocycles. The Bertz CT molecular complexity index is 598. The van der Waals surface area contributed by atoms with Crippen molar-refractivity contribution in [3.05, 3.63) is 41.0 Å². The predicted octanol–water partition coefficient (Wildman–Crippen LogP) is 4.00. The smallest absolute Gasteiger partial charge is 0.308 e. The molecule has 1 aromatic heterocycles. The van der Waals surface area contributed by atoms with Crippen molar-refractivity contribution in [3.8, 4) is 0 Å². The van der Waals surface area contributed by atoms with Gasteiger partial charge in [0.25, 0.3) is 0 Å². The number of anilines is 2. The van der Waals surface area contributed by atoms with Crippen LogP contribution in [0.5, 0.6) is 0 Å². The predicted molar refractivity (Wildman–Crippen MR) is 81.4 cm³/mol. The fourth-order valence-corrected chi connectivity index (χ4v) is 1.71. The lowest BCUT2D eigenvalue weighted by Crippen LogP contribution is -2.19. The van der Waals surface area contributed by atoms with Gasteiger partial charge in [-0.05, 0) is 24.3 Å². The van der Waals surface area contributed by atoms with E-state index >= 15 is 0 Å². The van der Waals surface area contributed by atoms with Crippen LogP contribution in [0.1, 0.15) is 26.5 Å². The molecule has 0 radical (unpaired) electrons. The van der Waals surface area contributed by atoms with Crippen LogP contribution in [0, 0.1) is 0 Å². The summed E-state index contributed by atoms with van der Waals surface area (Å²) in [6.07, 6.45) is 0. The lowest BCUT2D eigenvalue weighted by Gasteiger charge is -2.14. The van der Waals surface area contributed by atoms with E-state index in [1.54, 1.807) is 24.3 Å². The number of H-pyrrole nitrogens is 1. The Kier molecular flexibility index (Phi) is 3.99. The Morgan fingerprint density at radius 1 is 1.20 bits per heavy atom. The first-order valence-corrected chi connectivity index (χ1v) is 6.62. The Morgan fingerprint density at radius 3 is 2.40 bits per heavy atom. The van der Waals surface area contributed by atoms with E-state index in [1.807, 2.05) is 6.07 Å². The van der Waals surface area contributed by atoms with Crippen molar-refractivity contribution in [2.45, 2.75) is 26.2 Å². The van der Waals surface area contributed by atoms with Crippen molar-refractivity contribution in [1.82, 2.24) is 10.2 Å². The summed E-state index contributed by atoms with van der Waals surface area (Å²) in [6, 6.07) is 8.35. The molecule has 5 nitrogen and oxygen atoms in total. The second-order valence-corrected chi connectivity index (χ2v) is 5.94. The minimum atomic E-state index is -0.348. The lowest BCUT2D eigenvalue weighted by molar-refractivity contribution is 0.262. The molecular weight excluding hydrogens is 276 g/mol. The molecule has 2 rings (SSSR count). The van der Waals surface area contributed by atoms with Gasteiger partial charge < -0.3 is 5.32 Å². The van der Waals surface area contributed by atoms with Crippen molar-refractivity contribution in [1.29, 1.82) is 0 Å². The molecule has 2 aromatic rings. The number of rotatable bonds is 2. The maximum absolute atomic E-state index is 11.8. The number of carbonyl (C=O) groups excluding carboxylic acids is 1. The third-order valence-corrected chi connectivity index (χ3v) is 2.98. The Balaban J connectivity index is 1.98. The first kappa shape index (κ1) is 14.4. The van der Waals surface area contributed by atoms with Crippen molar-refractivity contribution in [3.63, 3.8) is 0 Å². The summed E-state index contributed by atoms with van der Waals surface area (Å²) in [5.41, 5.74) is 1.58. The normalized spacial score (nSPS) is 11.2. The van der Waals surface area contributed by atoms with Crippen LogP contribution in [0.25, 0.3) is 0 Å². The highest BCUT2D eigenvalue weighted by atomic mass is 35.5. The third-order valence-electron chi connectivity index (χ3n) is 2.73. The second-order valence-electron chi connectivity index (χ2n) is 5.50. The van der Waals surface area contributed by atoms with E-state index in [9.17, 15) is 4.79 Å². The largest absolute Gasteiger partial charge is 0.324 e. The summed E-state index contributed by atoms with van der Waals surface area (Å²) in [5.74, 6) is 0.487. The van der Waals surface area contributed by atoms with Gasteiger partial charge >= 0.3 is 6.03 Å². The van der Waals surface area contributed by atoms with Crippen LogP contribution in [0.3, 0.4) is 0 Å². The van der Waals surface area contributed by atoms with Crippen molar-refractivity contribution in [2.75, 3.05) is 10.6 Å². The molecule has 0 unspecified atom stereocenters. The number of benzene rings is 1. The summed E-state index contributed by atoms with van der Waals surface area (Å²) in [4.78, 5) is 11.8. The van der Waals surface area contributed by atoms with Crippen molar-refractivity contribution < 1.29 is 4.79 Å². The van der Waals surface area contributed by atoms with Gasteiger partial charge in [0.2, 0.25) is 0 Å². The minimum absolute atomic E-state index is 0.0421. The van der Waals surface area contributed by atoms with Gasteiger partial charge in [-0.1, -0.05) is 32.4 Å². The SMILES string of the molecule is CC(C)(C)c1cc(NC(=O)Nc2ccc(Cl)cc2)n[nH]1. The quantitative estimate of drug-likeness (QED) is 0.783. The summed E-state index contributed by atoms with van der Waals surface area (Å²) in [7, 11) is 0. The molecule has 0 aliphatic carbocycles. The van der Waals surface area contributed by atoms with Crippen LogP contribution < -0.4 is 10.6 Å². The average molecular weight is 293 g/mol. The number of nitrogens with one attached hydrogen (secondary N) is 3. The van der Waals surface area contributed by atoms with E-state index < -0.39 is 0 Å². The highest BCUT2D eigenvalue weighted by Crippen LogP contribution is 2.22. The average Bonchev–Trinajstić information content (AvgIpc) is 2.80. The summed E-state index contributed by atoms with van der Waals surface area (Å²) in [5, 5.41) is 13.0. The fourth-order valence-electron chi connectivity index (χ4n) is 1.58. The molecule has 3 N–H and O–H groups in total. The van der Waals surface area contributed by atoms with E-state index in [1.165, 1.54) is 0 Å². The maximum atomic E-state index is 11.8. The number of carbonyl (C=O) groups is 1. The first-order chi connectivity index (χ1) is 9.34.